The Labute approximate surface area is 136 Å². The normalized spacial score (nSPS) is 12.6. The molecule has 1 aromatic carbocycles. The molecule has 5 nitrogen and oxygen atoms in total. The first-order valence-electron chi connectivity index (χ1n) is 6.77. The quantitative estimate of drug-likeness (QED) is 0.547. The minimum absolute atomic E-state index is 0.0482. The van der Waals surface area contributed by atoms with E-state index in [1.54, 1.807) is 18.0 Å². The molecule has 0 bridgehead atoms. The van der Waals surface area contributed by atoms with Gasteiger partial charge in [-0.2, -0.15) is 11.8 Å². The molecule has 0 spiro atoms. The molecule has 0 aliphatic rings. The van der Waals surface area contributed by atoms with E-state index in [1.807, 2.05) is 37.4 Å². The first-order chi connectivity index (χ1) is 10.7. The van der Waals surface area contributed by atoms with Gasteiger partial charge in [0.25, 0.3) is 5.22 Å². The molecule has 3 aromatic rings. The lowest BCUT2D eigenvalue weighted by Gasteiger charge is -2.06. The smallest absolute Gasteiger partial charge is 0.277 e. The first-order valence-corrected chi connectivity index (χ1v) is 9.04. The lowest BCUT2D eigenvalue weighted by molar-refractivity contribution is 0.0995. The third-order valence-electron chi connectivity index (χ3n) is 3.22. The number of nitrogens with one attached hydrogen (secondary N) is 1. The van der Waals surface area contributed by atoms with Crippen molar-refractivity contribution in [2.24, 2.45) is 0 Å². The number of aromatic amines is 1. The molecule has 0 unspecified atom stereocenters. The van der Waals surface area contributed by atoms with Crippen LogP contribution in [0.4, 0.5) is 0 Å². The number of H-pyrrole nitrogens is 1. The molecule has 2 heterocycles. The molecule has 0 aliphatic carbocycles. The largest absolute Gasteiger partial charge is 0.415 e. The van der Waals surface area contributed by atoms with Crippen LogP contribution in [0.2, 0.25) is 0 Å². The van der Waals surface area contributed by atoms with Gasteiger partial charge in [0.15, 0.2) is 5.78 Å². The van der Waals surface area contributed by atoms with E-state index >= 15 is 0 Å². The molecular weight excluding hydrogens is 318 g/mol. The number of ketones is 1. The van der Waals surface area contributed by atoms with E-state index in [0.717, 1.165) is 10.9 Å². The summed E-state index contributed by atoms with van der Waals surface area (Å²) >= 11 is 2.91. The molecule has 0 radical (unpaired) electrons. The maximum Gasteiger partial charge on any atom is 0.277 e. The topological polar surface area (TPSA) is 71.8 Å². The van der Waals surface area contributed by atoms with E-state index in [-0.39, 0.29) is 11.0 Å². The predicted molar refractivity (Wildman–Crippen MR) is 89.5 cm³/mol. The van der Waals surface area contributed by atoms with Crippen molar-refractivity contribution in [3.05, 3.63) is 41.9 Å². The lowest BCUT2D eigenvalue weighted by atomic mass is 10.1. The first kappa shape index (κ1) is 15.2. The van der Waals surface area contributed by atoms with Crippen molar-refractivity contribution in [3.63, 3.8) is 0 Å². The van der Waals surface area contributed by atoms with Crippen LogP contribution in [-0.2, 0) is 5.75 Å². The number of hydrogen-bond acceptors (Lipinski definition) is 6. The minimum Gasteiger partial charge on any atom is -0.415 e. The molecule has 114 valence electrons. The number of rotatable bonds is 6. The summed E-state index contributed by atoms with van der Waals surface area (Å²) in [5, 5.41) is 9.01. The number of para-hydroxylation sites is 1. The van der Waals surface area contributed by atoms with Crippen LogP contribution in [-0.4, -0.2) is 32.5 Å². The van der Waals surface area contributed by atoms with Gasteiger partial charge >= 0.3 is 0 Å². The van der Waals surface area contributed by atoms with E-state index in [4.69, 9.17) is 4.42 Å². The molecule has 2 aromatic heterocycles. The highest BCUT2D eigenvalue weighted by Gasteiger charge is 2.22. The fourth-order valence-electron chi connectivity index (χ4n) is 2.17. The van der Waals surface area contributed by atoms with E-state index in [1.165, 1.54) is 11.8 Å². The number of carbonyl (C=O) groups is 1. The Morgan fingerprint density at radius 3 is 3.00 bits per heavy atom. The third-order valence-corrected chi connectivity index (χ3v) is 4.69. The van der Waals surface area contributed by atoms with Crippen LogP contribution < -0.4 is 0 Å². The van der Waals surface area contributed by atoms with Gasteiger partial charge in [-0.25, -0.2) is 0 Å². The highest BCUT2D eigenvalue weighted by atomic mass is 32.2. The van der Waals surface area contributed by atoms with Gasteiger partial charge in [-0.3, -0.25) is 4.79 Å². The average Bonchev–Trinajstić information content (AvgIpc) is 3.13. The van der Waals surface area contributed by atoms with Gasteiger partial charge in [0, 0.05) is 22.7 Å². The number of thioether (sulfide) groups is 2. The average molecular weight is 333 g/mol. The SMILES string of the molecule is CSCc1nnc(S[C@H](C)C(=O)c2c[nH]c3ccccc23)o1. The number of nitrogens with zero attached hydrogens (tertiary/aromatic N) is 2. The molecular formula is C15H15N3O2S2. The second kappa shape index (κ2) is 6.58. The minimum atomic E-state index is -0.290. The van der Waals surface area contributed by atoms with Crippen molar-refractivity contribution < 1.29 is 9.21 Å². The Morgan fingerprint density at radius 1 is 1.36 bits per heavy atom. The highest BCUT2D eigenvalue weighted by molar-refractivity contribution is 8.00. The van der Waals surface area contributed by atoms with Crippen molar-refractivity contribution in [1.29, 1.82) is 0 Å². The van der Waals surface area contributed by atoms with E-state index in [0.29, 0.717) is 22.4 Å². The van der Waals surface area contributed by atoms with Gasteiger partial charge in [0.05, 0.1) is 11.0 Å². The van der Waals surface area contributed by atoms with Gasteiger partial charge in [-0.05, 0) is 19.2 Å². The Balaban J connectivity index is 1.76. The number of aromatic nitrogens is 3. The summed E-state index contributed by atoms with van der Waals surface area (Å²) in [5.41, 5.74) is 1.66. The van der Waals surface area contributed by atoms with Crippen LogP contribution in [0.3, 0.4) is 0 Å². The number of fused-ring (bicyclic) bond motifs is 1. The van der Waals surface area contributed by atoms with E-state index < -0.39 is 0 Å². The van der Waals surface area contributed by atoms with E-state index in [2.05, 4.69) is 15.2 Å². The molecule has 0 saturated heterocycles. The number of carbonyl (C=O) groups excluding carboxylic acids is 1. The van der Waals surface area contributed by atoms with Gasteiger partial charge in [0.1, 0.15) is 0 Å². The summed E-state index contributed by atoms with van der Waals surface area (Å²) in [6.07, 6.45) is 3.73. The van der Waals surface area contributed by atoms with Gasteiger partial charge in [-0.1, -0.05) is 30.0 Å². The maximum atomic E-state index is 12.6. The molecule has 0 fully saturated rings. The summed E-state index contributed by atoms with van der Waals surface area (Å²) in [5.74, 6) is 1.31. The summed E-state index contributed by atoms with van der Waals surface area (Å²) in [7, 11) is 0. The van der Waals surface area contributed by atoms with Crippen LogP contribution in [0, 0.1) is 0 Å². The van der Waals surface area contributed by atoms with Crippen LogP contribution >= 0.6 is 23.5 Å². The van der Waals surface area contributed by atoms with Crippen molar-refractivity contribution in [2.75, 3.05) is 6.26 Å². The van der Waals surface area contributed by atoms with Crippen molar-refractivity contribution in [1.82, 2.24) is 15.2 Å². The number of Topliss-reactive ketones (excluding diaryl/α,β-unsaturated/α-hetero) is 1. The molecule has 1 N–H and O–H groups in total. The molecule has 1 atom stereocenters. The number of benzene rings is 1. The van der Waals surface area contributed by atoms with Crippen LogP contribution in [0.1, 0.15) is 23.2 Å². The molecule has 22 heavy (non-hydrogen) atoms. The zero-order valence-corrected chi connectivity index (χ0v) is 13.8. The second-order valence-corrected chi connectivity index (χ2v) is 6.93. The standard InChI is InChI=1S/C15H15N3O2S2/c1-9(22-15-18-17-13(20-15)8-21-2)14(19)11-7-16-12-6-4-3-5-10(11)12/h3-7,9,16H,8H2,1-2H3/t9-/m1/s1. The lowest BCUT2D eigenvalue weighted by Crippen LogP contribution is -2.13. The van der Waals surface area contributed by atoms with Crippen molar-refractivity contribution in [3.8, 4) is 0 Å². The molecule has 0 saturated carbocycles. The fourth-order valence-corrected chi connectivity index (χ4v) is 3.30. The predicted octanol–water partition coefficient (Wildman–Crippen LogP) is 3.78. The van der Waals surface area contributed by atoms with Gasteiger partial charge in [-0.15, -0.1) is 10.2 Å². The zero-order valence-electron chi connectivity index (χ0n) is 12.2. The Morgan fingerprint density at radius 2 is 2.18 bits per heavy atom. The summed E-state index contributed by atoms with van der Waals surface area (Å²) in [4.78, 5) is 15.7. The number of hydrogen-bond donors (Lipinski definition) is 1. The van der Waals surface area contributed by atoms with Gasteiger partial charge < -0.3 is 9.40 Å². The van der Waals surface area contributed by atoms with E-state index in [9.17, 15) is 4.79 Å². The molecule has 7 heteroatoms. The summed E-state index contributed by atoms with van der Waals surface area (Å²) in [6, 6.07) is 7.77. The van der Waals surface area contributed by atoms with Crippen molar-refractivity contribution >= 4 is 40.2 Å². The zero-order chi connectivity index (χ0) is 15.5. The van der Waals surface area contributed by atoms with Crippen LogP contribution in [0.5, 0.6) is 0 Å². The Hall–Kier alpha value is -1.73. The Bertz CT molecular complexity index is 797. The van der Waals surface area contributed by atoms with Crippen LogP contribution in [0.15, 0.2) is 40.1 Å². The molecule has 0 amide bonds. The second-order valence-electron chi connectivity index (χ2n) is 4.77. The third kappa shape index (κ3) is 3.05. The van der Waals surface area contributed by atoms with Gasteiger partial charge in [0.2, 0.25) is 5.89 Å². The van der Waals surface area contributed by atoms with Crippen LogP contribution in [0.25, 0.3) is 10.9 Å². The van der Waals surface area contributed by atoms with Crippen molar-refractivity contribution in [2.45, 2.75) is 23.1 Å². The summed E-state index contributed by atoms with van der Waals surface area (Å²) < 4.78 is 5.51. The monoisotopic (exact) mass is 333 g/mol. The molecule has 0 aliphatic heterocycles. The highest BCUT2D eigenvalue weighted by Crippen LogP contribution is 2.27. The maximum absolute atomic E-state index is 12.6. The fraction of sp³-hybridized carbons (Fsp3) is 0.267. The summed E-state index contributed by atoms with van der Waals surface area (Å²) in [6.45, 7) is 1.85. The molecule has 3 rings (SSSR count). The Kier molecular flexibility index (Phi) is 4.54.